The molecular weight excluding hydrogens is 424 g/mol. The van der Waals surface area contributed by atoms with Crippen molar-refractivity contribution < 1.29 is 14.9 Å². The topological polar surface area (TPSA) is 65.0 Å². The zero-order valence-electron chi connectivity index (χ0n) is 20.3. The van der Waals surface area contributed by atoms with E-state index in [0.717, 1.165) is 50.9 Å². The largest absolute Gasteiger partial charge is 0.504 e. The Balaban J connectivity index is 1.39. The number of nitrogens with one attached hydrogen (secondary N) is 1. The first-order valence-corrected chi connectivity index (χ1v) is 12.8. The highest BCUT2D eigenvalue weighted by Gasteiger charge is 2.72. The van der Waals surface area contributed by atoms with Gasteiger partial charge in [-0.25, -0.2) is 0 Å². The van der Waals surface area contributed by atoms with Gasteiger partial charge in [0.25, 0.3) is 0 Å². The third kappa shape index (κ3) is 2.84. The maximum atomic E-state index is 12.5. The molecule has 1 saturated heterocycles. The van der Waals surface area contributed by atoms with Crippen LogP contribution in [-0.4, -0.2) is 52.0 Å². The second kappa shape index (κ2) is 7.84. The van der Waals surface area contributed by atoms with Crippen molar-refractivity contribution in [1.29, 1.82) is 0 Å². The summed E-state index contributed by atoms with van der Waals surface area (Å²) in [5, 5.41) is 27.0. The normalized spacial score (nSPS) is 33.5. The minimum Gasteiger partial charge on any atom is -0.504 e. The Labute approximate surface area is 202 Å². The highest BCUT2D eigenvalue weighted by molar-refractivity contribution is 5.62. The number of benzene rings is 2. The van der Waals surface area contributed by atoms with E-state index in [9.17, 15) is 10.2 Å². The van der Waals surface area contributed by atoms with E-state index >= 15 is 0 Å². The van der Waals surface area contributed by atoms with Crippen LogP contribution in [0, 0.1) is 0 Å². The highest BCUT2D eigenvalue weighted by Crippen LogP contribution is 2.65. The molecule has 1 spiro atoms. The lowest BCUT2D eigenvalue weighted by Gasteiger charge is -2.64. The van der Waals surface area contributed by atoms with Crippen LogP contribution in [0.15, 0.2) is 49.1 Å². The summed E-state index contributed by atoms with van der Waals surface area (Å²) in [6.45, 7) is 10.9. The summed E-state index contributed by atoms with van der Waals surface area (Å²) in [7, 11) is 0. The second-order valence-electron chi connectivity index (χ2n) is 11.0. The van der Waals surface area contributed by atoms with Gasteiger partial charge in [0.2, 0.25) is 0 Å². The van der Waals surface area contributed by atoms with Crippen molar-refractivity contribution in [3.05, 3.63) is 71.3 Å². The van der Waals surface area contributed by atoms with Gasteiger partial charge in [-0.05, 0) is 60.9 Å². The van der Waals surface area contributed by atoms with Crippen molar-refractivity contribution in [1.82, 2.24) is 10.2 Å². The van der Waals surface area contributed by atoms with Crippen LogP contribution in [0.5, 0.6) is 11.5 Å². The van der Waals surface area contributed by atoms with Crippen LogP contribution in [0.1, 0.15) is 61.3 Å². The fourth-order valence-corrected chi connectivity index (χ4v) is 7.72. The smallest absolute Gasteiger partial charge is 0.165 e. The van der Waals surface area contributed by atoms with Gasteiger partial charge >= 0.3 is 0 Å². The minimum absolute atomic E-state index is 0.0379. The average Bonchev–Trinajstić information content (AvgIpc) is 3.18. The first-order valence-electron chi connectivity index (χ1n) is 12.8. The molecule has 5 nitrogen and oxygen atoms in total. The van der Waals surface area contributed by atoms with E-state index in [2.05, 4.69) is 54.9 Å². The van der Waals surface area contributed by atoms with Crippen molar-refractivity contribution in [3.8, 4) is 11.5 Å². The molecule has 2 fully saturated rings. The van der Waals surface area contributed by atoms with E-state index in [0.29, 0.717) is 11.7 Å². The number of hydrogen-bond donors (Lipinski definition) is 3. The van der Waals surface area contributed by atoms with Gasteiger partial charge in [0.15, 0.2) is 11.5 Å². The van der Waals surface area contributed by atoms with Gasteiger partial charge in [0, 0.05) is 30.7 Å². The van der Waals surface area contributed by atoms with Crippen molar-refractivity contribution in [2.24, 2.45) is 0 Å². The maximum absolute atomic E-state index is 12.5. The summed E-state index contributed by atoms with van der Waals surface area (Å²) in [5.74, 6) is 1.27. The zero-order chi connectivity index (χ0) is 23.7. The molecule has 2 bridgehead atoms. The molecule has 2 aromatic carbocycles. The van der Waals surface area contributed by atoms with E-state index < -0.39 is 11.0 Å². The minimum atomic E-state index is -0.876. The van der Waals surface area contributed by atoms with E-state index in [-0.39, 0.29) is 23.9 Å². The number of rotatable bonds is 6. The fourth-order valence-electron chi connectivity index (χ4n) is 7.72. The number of hydrogen-bond acceptors (Lipinski definition) is 5. The fraction of sp³-hybridized carbons (Fsp3) is 0.517. The van der Waals surface area contributed by atoms with E-state index in [1.807, 2.05) is 12.1 Å². The molecule has 1 saturated carbocycles. The predicted octanol–water partition coefficient (Wildman–Crippen LogP) is 4.01. The molecule has 3 N–H and O–H groups in total. The summed E-state index contributed by atoms with van der Waals surface area (Å²) in [6, 6.07) is 12.6. The summed E-state index contributed by atoms with van der Waals surface area (Å²) >= 11 is 0. The Morgan fingerprint density at radius 1 is 1.24 bits per heavy atom. The van der Waals surface area contributed by atoms with Crippen LogP contribution in [-0.2, 0) is 18.4 Å². The molecule has 2 aliphatic heterocycles. The van der Waals surface area contributed by atoms with Gasteiger partial charge in [-0.3, -0.25) is 4.90 Å². The van der Waals surface area contributed by atoms with E-state index in [1.165, 1.54) is 16.7 Å². The lowest BCUT2D eigenvalue weighted by Crippen LogP contribution is -2.78. The van der Waals surface area contributed by atoms with E-state index in [4.69, 9.17) is 4.74 Å². The SMILES string of the molecule is C=CCN1CC[C@]23c4c5ccc(O)c4O[C@H]2[C@H](NCc2ccccc2C(C)C)CC[C@@]3(O)[C@H]1C5. The molecule has 2 aromatic rings. The van der Waals surface area contributed by atoms with Crippen LogP contribution in [0.2, 0.25) is 0 Å². The molecule has 2 heterocycles. The summed E-state index contributed by atoms with van der Waals surface area (Å²) < 4.78 is 6.64. The molecule has 5 heteroatoms. The molecule has 4 aliphatic rings. The van der Waals surface area contributed by atoms with Crippen LogP contribution in [0.3, 0.4) is 0 Å². The van der Waals surface area contributed by atoms with E-state index in [1.54, 1.807) is 6.07 Å². The monoisotopic (exact) mass is 460 g/mol. The third-order valence-electron chi connectivity index (χ3n) is 9.17. The molecular formula is C29H36N2O3. The lowest BCUT2D eigenvalue weighted by molar-refractivity contribution is -0.189. The quantitative estimate of drug-likeness (QED) is 0.569. The number of phenolic OH excluding ortho intramolecular Hbond substituents is 1. The van der Waals surface area contributed by atoms with Gasteiger partial charge in [-0.2, -0.15) is 0 Å². The standard InChI is InChI=1S/C29H36N2O3/c1-4-14-31-15-13-28-25-19-9-10-23(32)26(25)34-27(28)22(11-12-29(28,33)24(31)16-19)30-17-20-7-5-6-8-21(20)18(2)3/h4-10,18,22,24,27,30,32-33H,1,11-17H2,2-3H3/t22-,24-,27+,28+,29-/m1/s1. The molecule has 34 heavy (non-hydrogen) atoms. The number of phenols is 1. The molecule has 6 rings (SSSR count). The van der Waals surface area contributed by atoms with Gasteiger partial charge in [-0.1, -0.05) is 50.3 Å². The Morgan fingerprint density at radius 2 is 2.06 bits per heavy atom. The average molecular weight is 461 g/mol. The molecule has 0 amide bonds. The number of likely N-dealkylation sites (tertiary alicyclic amines) is 1. The Bertz CT molecular complexity index is 1130. The first kappa shape index (κ1) is 22.1. The molecule has 2 aliphatic carbocycles. The first-order chi connectivity index (χ1) is 16.4. The van der Waals surface area contributed by atoms with Crippen LogP contribution in [0.25, 0.3) is 0 Å². The number of nitrogens with zero attached hydrogens (tertiary/aromatic N) is 1. The molecule has 0 unspecified atom stereocenters. The Hall–Kier alpha value is -2.34. The van der Waals surface area contributed by atoms with Crippen molar-refractivity contribution in [2.75, 3.05) is 13.1 Å². The second-order valence-corrected chi connectivity index (χ2v) is 11.0. The van der Waals surface area contributed by atoms with Crippen molar-refractivity contribution in [2.45, 2.75) is 81.2 Å². The van der Waals surface area contributed by atoms with Gasteiger partial charge < -0.3 is 20.3 Å². The van der Waals surface area contributed by atoms with Crippen LogP contribution in [0.4, 0.5) is 0 Å². The van der Waals surface area contributed by atoms with Crippen molar-refractivity contribution >= 4 is 0 Å². The highest BCUT2D eigenvalue weighted by atomic mass is 16.5. The van der Waals surface area contributed by atoms with Gasteiger partial charge in [-0.15, -0.1) is 6.58 Å². The van der Waals surface area contributed by atoms with Crippen LogP contribution < -0.4 is 10.1 Å². The Kier molecular flexibility index (Phi) is 5.11. The molecule has 0 radical (unpaired) electrons. The zero-order valence-corrected chi connectivity index (χ0v) is 20.3. The predicted molar refractivity (Wildman–Crippen MR) is 133 cm³/mol. The van der Waals surface area contributed by atoms with Crippen molar-refractivity contribution in [3.63, 3.8) is 0 Å². The van der Waals surface area contributed by atoms with Gasteiger partial charge in [0.1, 0.15) is 6.10 Å². The van der Waals surface area contributed by atoms with Crippen LogP contribution >= 0.6 is 0 Å². The maximum Gasteiger partial charge on any atom is 0.165 e. The Morgan fingerprint density at radius 3 is 2.85 bits per heavy atom. The number of aliphatic hydroxyl groups is 1. The molecule has 5 atom stereocenters. The third-order valence-corrected chi connectivity index (χ3v) is 9.17. The lowest BCUT2D eigenvalue weighted by atomic mass is 9.48. The summed E-state index contributed by atoms with van der Waals surface area (Å²) in [5.41, 5.74) is 3.60. The summed E-state index contributed by atoms with van der Waals surface area (Å²) in [4.78, 5) is 2.40. The number of aromatic hydroxyl groups is 1. The van der Waals surface area contributed by atoms with Gasteiger partial charge in [0.05, 0.1) is 11.0 Å². The molecule has 0 aromatic heterocycles. The number of ether oxygens (including phenoxy) is 1. The number of piperidine rings is 1. The molecule has 180 valence electrons. The summed E-state index contributed by atoms with van der Waals surface area (Å²) in [6.07, 6.45) is 4.92.